The van der Waals surface area contributed by atoms with Crippen LogP contribution in [-0.4, -0.2) is 32.4 Å². The highest BCUT2D eigenvalue weighted by molar-refractivity contribution is 7.89. The number of halogens is 1. The number of nitrogens with two attached hydrogens (primary N) is 1. The average Bonchev–Trinajstić information content (AvgIpc) is 2.69. The van der Waals surface area contributed by atoms with Gasteiger partial charge in [-0.3, -0.25) is 0 Å². The predicted octanol–water partition coefficient (Wildman–Crippen LogP) is 1.68. The summed E-state index contributed by atoms with van der Waals surface area (Å²) in [6, 6.07) is 1.60. The molecular formula is C12H21ClN2O3S. The molecule has 0 amide bonds. The maximum absolute atomic E-state index is 12.5. The van der Waals surface area contributed by atoms with E-state index in [0.29, 0.717) is 42.0 Å². The third-order valence-electron chi connectivity index (χ3n) is 3.52. The van der Waals surface area contributed by atoms with Crippen molar-refractivity contribution in [3.63, 3.8) is 0 Å². The third-order valence-corrected chi connectivity index (χ3v) is 5.53. The number of furan rings is 1. The normalized spacial score (nSPS) is 18.3. The molecule has 2 N–H and O–H groups in total. The Balaban J connectivity index is 0.00000180. The highest BCUT2D eigenvalue weighted by atomic mass is 35.5. The first-order valence-corrected chi connectivity index (χ1v) is 7.66. The number of hydrogen-bond donors (Lipinski definition) is 1. The summed E-state index contributed by atoms with van der Waals surface area (Å²) >= 11 is 0. The highest BCUT2D eigenvalue weighted by Gasteiger charge is 2.31. The van der Waals surface area contributed by atoms with Gasteiger partial charge in [0, 0.05) is 13.1 Å². The van der Waals surface area contributed by atoms with Crippen LogP contribution < -0.4 is 5.73 Å². The number of nitrogens with zero attached hydrogens (tertiary/aromatic N) is 1. The van der Waals surface area contributed by atoms with Crippen LogP contribution in [0.4, 0.5) is 0 Å². The number of rotatable bonds is 3. The van der Waals surface area contributed by atoms with Gasteiger partial charge in [0.05, 0.1) is 0 Å². The minimum atomic E-state index is -3.40. The minimum absolute atomic E-state index is 0. The molecule has 0 aliphatic carbocycles. The third kappa shape index (κ3) is 3.31. The Morgan fingerprint density at radius 1 is 1.37 bits per heavy atom. The van der Waals surface area contributed by atoms with Crippen LogP contribution >= 0.6 is 12.4 Å². The molecule has 110 valence electrons. The van der Waals surface area contributed by atoms with E-state index in [1.807, 2.05) is 0 Å². The first-order chi connectivity index (χ1) is 8.45. The summed E-state index contributed by atoms with van der Waals surface area (Å²) in [4.78, 5) is 0.297. The second-order valence-electron chi connectivity index (χ2n) is 4.86. The standard InChI is InChI=1S/C12H20N2O3S.ClH/c1-9-7-12(10(2)17-9)18(15,16)14-5-3-11(8-13)4-6-14;/h7,11H,3-6,8,13H2,1-2H3;1H. The van der Waals surface area contributed by atoms with Crippen LogP contribution in [0, 0.1) is 19.8 Å². The van der Waals surface area contributed by atoms with Crippen LogP contribution in [0.3, 0.4) is 0 Å². The second kappa shape index (κ2) is 6.26. The topological polar surface area (TPSA) is 76.5 Å². The summed E-state index contributed by atoms with van der Waals surface area (Å²) < 4.78 is 31.7. The van der Waals surface area contributed by atoms with E-state index in [1.54, 1.807) is 19.9 Å². The quantitative estimate of drug-likeness (QED) is 0.921. The fourth-order valence-corrected chi connectivity index (χ4v) is 4.08. The number of hydrogen-bond acceptors (Lipinski definition) is 4. The van der Waals surface area contributed by atoms with E-state index in [-0.39, 0.29) is 12.4 Å². The van der Waals surface area contributed by atoms with Gasteiger partial charge in [-0.15, -0.1) is 12.4 Å². The molecule has 0 unspecified atom stereocenters. The van der Waals surface area contributed by atoms with Crippen molar-refractivity contribution < 1.29 is 12.8 Å². The molecule has 7 heteroatoms. The van der Waals surface area contributed by atoms with E-state index in [0.717, 1.165) is 12.8 Å². The summed E-state index contributed by atoms with van der Waals surface area (Å²) in [5, 5.41) is 0. The molecule has 5 nitrogen and oxygen atoms in total. The molecule has 0 atom stereocenters. The molecule has 2 rings (SSSR count). The highest BCUT2D eigenvalue weighted by Crippen LogP contribution is 2.27. The lowest BCUT2D eigenvalue weighted by Gasteiger charge is -2.30. The van der Waals surface area contributed by atoms with Gasteiger partial charge >= 0.3 is 0 Å². The Bertz CT molecular complexity index is 519. The molecule has 0 bridgehead atoms. The van der Waals surface area contributed by atoms with Crippen LogP contribution in [-0.2, 0) is 10.0 Å². The van der Waals surface area contributed by atoms with Crippen LogP contribution in [0.25, 0.3) is 0 Å². The molecule has 1 aromatic rings. The van der Waals surface area contributed by atoms with Crippen LogP contribution in [0.2, 0.25) is 0 Å². The summed E-state index contributed by atoms with van der Waals surface area (Å²) in [5.74, 6) is 1.54. The second-order valence-corrected chi connectivity index (χ2v) is 6.77. The minimum Gasteiger partial charge on any atom is -0.465 e. The zero-order valence-electron chi connectivity index (χ0n) is 11.3. The molecule has 1 aliphatic heterocycles. The van der Waals surface area contributed by atoms with Gasteiger partial charge in [0.1, 0.15) is 16.4 Å². The molecule has 1 aliphatic rings. The van der Waals surface area contributed by atoms with Crippen LogP contribution in [0.1, 0.15) is 24.4 Å². The van der Waals surface area contributed by atoms with Crippen molar-refractivity contribution in [3.8, 4) is 0 Å². The van der Waals surface area contributed by atoms with Gasteiger partial charge in [-0.2, -0.15) is 4.31 Å². The van der Waals surface area contributed by atoms with Crippen molar-refractivity contribution in [2.24, 2.45) is 11.7 Å². The van der Waals surface area contributed by atoms with E-state index in [9.17, 15) is 8.42 Å². The number of piperidine rings is 1. The average molecular weight is 309 g/mol. The van der Waals surface area contributed by atoms with E-state index in [2.05, 4.69) is 0 Å². The summed E-state index contributed by atoms with van der Waals surface area (Å²) in [6.07, 6.45) is 1.68. The van der Waals surface area contributed by atoms with Gasteiger partial charge in [0.15, 0.2) is 0 Å². The number of aryl methyl sites for hydroxylation is 2. The fraction of sp³-hybridized carbons (Fsp3) is 0.667. The Labute approximate surface area is 120 Å². The molecule has 0 aromatic carbocycles. The lowest BCUT2D eigenvalue weighted by molar-refractivity contribution is 0.278. The largest absolute Gasteiger partial charge is 0.465 e. The SMILES string of the molecule is Cc1cc(S(=O)(=O)N2CCC(CN)CC2)c(C)o1.Cl. The fourth-order valence-electron chi connectivity index (χ4n) is 2.39. The van der Waals surface area contributed by atoms with E-state index in [1.165, 1.54) is 4.31 Å². The lowest BCUT2D eigenvalue weighted by atomic mass is 9.99. The van der Waals surface area contributed by atoms with Crippen molar-refractivity contribution in [2.45, 2.75) is 31.6 Å². The van der Waals surface area contributed by atoms with Gasteiger partial charge in [0.2, 0.25) is 10.0 Å². The molecule has 0 spiro atoms. The van der Waals surface area contributed by atoms with Crippen molar-refractivity contribution >= 4 is 22.4 Å². The van der Waals surface area contributed by atoms with Crippen molar-refractivity contribution in [1.82, 2.24) is 4.31 Å². The molecule has 19 heavy (non-hydrogen) atoms. The molecule has 1 aromatic heterocycles. The summed E-state index contributed by atoms with van der Waals surface area (Å²) in [7, 11) is -3.40. The van der Waals surface area contributed by atoms with Crippen molar-refractivity contribution in [1.29, 1.82) is 0 Å². The smallest absolute Gasteiger partial charge is 0.246 e. The molecular weight excluding hydrogens is 288 g/mol. The van der Waals surface area contributed by atoms with Gasteiger partial charge < -0.3 is 10.2 Å². The van der Waals surface area contributed by atoms with Gasteiger partial charge in [-0.25, -0.2) is 8.42 Å². The lowest BCUT2D eigenvalue weighted by Crippen LogP contribution is -2.40. The summed E-state index contributed by atoms with van der Waals surface area (Å²) in [6.45, 7) is 5.18. The Morgan fingerprint density at radius 3 is 2.37 bits per heavy atom. The Kier molecular flexibility index (Phi) is 5.43. The van der Waals surface area contributed by atoms with Gasteiger partial charge in [-0.05, 0) is 45.2 Å². The number of sulfonamides is 1. The van der Waals surface area contributed by atoms with Crippen LogP contribution in [0.15, 0.2) is 15.4 Å². The zero-order valence-corrected chi connectivity index (χ0v) is 12.9. The maximum Gasteiger partial charge on any atom is 0.246 e. The first kappa shape index (κ1) is 16.5. The Morgan fingerprint density at radius 2 is 1.95 bits per heavy atom. The zero-order chi connectivity index (χ0) is 13.3. The van der Waals surface area contributed by atoms with E-state index >= 15 is 0 Å². The van der Waals surface area contributed by atoms with E-state index in [4.69, 9.17) is 10.2 Å². The molecule has 0 radical (unpaired) electrons. The molecule has 1 fully saturated rings. The molecule has 1 saturated heterocycles. The first-order valence-electron chi connectivity index (χ1n) is 6.22. The Hall–Kier alpha value is -0.560. The predicted molar refractivity (Wildman–Crippen MR) is 76.0 cm³/mol. The van der Waals surface area contributed by atoms with Gasteiger partial charge in [0.25, 0.3) is 0 Å². The molecule has 0 saturated carbocycles. The summed E-state index contributed by atoms with van der Waals surface area (Å²) in [5.41, 5.74) is 5.61. The monoisotopic (exact) mass is 308 g/mol. The molecule has 2 heterocycles. The van der Waals surface area contributed by atoms with Crippen LogP contribution in [0.5, 0.6) is 0 Å². The maximum atomic E-state index is 12.5. The van der Waals surface area contributed by atoms with Crippen molar-refractivity contribution in [3.05, 3.63) is 17.6 Å². The van der Waals surface area contributed by atoms with E-state index < -0.39 is 10.0 Å². The van der Waals surface area contributed by atoms with Crippen molar-refractivity contribution in [2.75, 3.05) is 19.6 Å². The van der Waals surface area contributed by atoms with Gasteiger partial charge in [-0.1, -0.05) is 0 Å².